The average Bonchev–Trinajstić information content (AvgIpc) is 2.61. The van der Waals surface area contributed by atoms with E-state index in [0.717, 1.165) is 5.56 Å². The van der Waals surface area contributed by atoms with Crippen molar-refractivity contribution in [2.75, 3.05) is 26.1 Å². The quantitative estimate of drug-likeness (QED) is 0.825. The highest BCUT2D eigenvalue weighted by Crippen LogP contribution is 2.25. The fourth-order valence-corrected chi connectivity index (χ4v) is 2.12. The van der Waals surface area contributed by atoms with Crippen LogP contribution in [-0.2, 0) is 9.53 Å². The van der Waals surface area contributed by atoms with Crippen molar-refractivity contribution in [3.8, 4) is 11.5 Å². The molecule has 0 unspecified atom stereocenters. The van der Waals surface area contributed by atoms with E-state index in [-0.39, 0.29) is 12.5 Å². The number of ether oxygens (including phenoxy) is 3. The fraction of sp³-hybridized carbons (Fsp3) is 0.222. The van der Waals surface area contributed by atoms with Gasteiger partial charge in [0.25, 0.3) is 5.91 Å². The first-order valence-electron chi connectivity index (χ1n) is 7.29. The Balaban J connectivity index is 1.98. The van der Waals surface area contributed by atoms with Crippen molar-refractivity contribution in [2.24, 2.45) is 0 Å². The Morgan fingerprint density at radius 2 is 1.75 bits per heavy atom. The Kier molecular flexibility index (Phi) is 5.78. The van der Waals surface area contributed by atoms with Gasteiger partial charge >= 0.3 is 5.97 Å². The van der Waals surface area contributed by atoms with Gasteiger partial charge in [-0.1, -0.05) is 12.1 Å². The third-order valence-corrected chi connectivity index (χ3v) is 3.35. The average molecular weight is 329 g/mol. The maximum absolute atomic E-state index is 12.0. The number of esters is 1. The molecule has 1 N–H and O–H groups in total. The molecule has 0 aliphatic heterocycles. The number of hydrogen-bond acceptors (Lipinski definition) is 5. The monoisotopic (exact) mass is 329 g/mol. The van der Waals surface area contributed by atoms with E-state index in [1.807, 2.05) is 6.07 Å². The lowest BCUT2D eigenvalue weighted by Crippen LogP contribution is -2.21. The highest BCUT2D eigenvalue weighted by atomic mass is 16.5. The van der Waals surface area contributed by atoms with Crippen molar-refractivity contribution in [1.29, 1.82) is 0 Å². The van der Waals surface area contributed by atoms with Crippen molar-refractivity contribution in [2.45, 2.75) is 6.92 Å². The molecule has 0 aliphatic carbocycles. The fourth-order valence-electron chi connectivity index (χ4n) is 2.12. The number of methoxy groups -OCH3 is 2. The SMILES string of the molecule is COC(=O)c1ccc(NC(=O)COc2ccccc2OC)c(C)c1. The summed E-state index contributed by atoms with van der Waals surface area (Å²) in [7, 11) is 2.86. The van der Waals surface area contributed by atoms with Crippen LogP contribution in [0.15, 0.2) is 42.5 Å². The molecular weight excluding hydrogens is 310 g/mol. The molecule has 0 radical (unpaired) electrons. The molecule has 24 heavy (non-hydrogen) atoms. The van der Waals surface area contributed by atoms with Gasteiger partial charge in [-0.15, -0.1) is 0 Å². The highest BCUT2D eigenvalue weighted by molar-refractivity contribution is 5.94. The molecule has 0 aromatic heterocycles. The van der Waals surface area contributed by atoms with E-state index >= 15 is 0 Å². The van der Waals surface area contributed by atoms with Gasteiger partial charge in [-0.25, -0.2) is 4.79 Å². The summed E-state index contributed by atoms with van der Waals surface area (Å²) >= 11 is 0. The first kappa shape index (κ1) is 17.3. The zero-order chi connectivity index (χ0) is 17.5. The number of rotatable bonds is 6. The second-order valence-electron chi connectivity index (χ2n) is 5.01. The Labute approximate surface area is 140 Å². The molecule has 6 nitrogen and oxygen atoms in total. The van der Waals surface area contributed by atoms with Gasteiger partial charge in [0, 0.05) is 5.69 Å². The Hall–Kier alpha value is -3.02. The Morgan fingerprint density at radius 3 is 2.38 bits per heavy atom. The summed E-state index contributed by atoms with van der Waals surface area (Å²) in [6, 6.07) is 12.0. The number of hydrogen-bond donors (Lipinski definition) is 1. The Bertz CT molecular complexity index is 742. The zero-order valence-corrected chi connectivity index (χ0v) is 13.8. The molecule has 0 aliphatic rings. The standard InChI is InChI=1S/C18H19NO5/c1-12-10-13(18(21)23-3)8-9-14(12)19-17(20)11-24-16-7-5-4-6-15(16)22-2/h4-10H,11H2,1-3H3,(H,19,20). The van der Waals surface area contributed by atoms with Crippen LogP contribution in [0.5, 0.6) is 11.5 Å². The molecule has 0 heterocycles. The molecule has 0 fully saturated rings. The van der Waals surface area contributed by atoms with Gasteiger partial charge in [0.1, 0.15) is 0 Å². The topological polar surface area (TPSA) is 73.9 Å². The minimum Gasteiger partial charge on any atom is -0.493 e. The number of aryl methyl sites for hydroxylation is 1. The predicted molar refractivity (Wildman–Crippen MR) is 89.6 cm³/mol. The molecule has 2 aromatic rings. The van der Waals surface area contributed by atoms with Crippen LogP contribution in [0.2, 0.25) is 0 Å². The zero-order valence-electron chi connectivity index (χ0n) is 13.8. The maximum Gasteiger partial charge on any atom is 0.337 e. The van der Waals surface area contributed by atoms with E-state index in [9.17, 15) is 9.59 Å². The largest absolute Gasteiger partial charge is 0.493 e. The van der Waals surface area contributed by atoms with Gasteiger partial charge in [-0.05, 0) is 42.8 Å². The van der Waals surface area contributed by atoms with Crippen molar-refractivity contribution in [3.63, 3.8) is 0 Å². The van der Waals surface area contributed by atoms with E-state index < -0.39 is 5.97 Å². The van der Waals surface area contributed by atoms with Crippen LogP contribution in [0.25, 0.3) is 0 Å². The molecule has 0 atom stereocenters. The smallest absolute Gasteiger partial charge is 0.337 e. The number of para-hydroxylation sites is 2. The lowest BCUT2D eigenvalue weighted by Gasteiger charge is -2.12. The summed E-state index contributed by atoms with van der Waals surface area (Å²) in [5, 5.41) is 2.75. The highest BCUT2D eigenvalue weighted by Gasteiger charge is 2.11. The summed E-state index contributed by atoms with van der Waals surface area (Å²) in [5.41, 5.74) is 1.79. The predicted octanol–water partition coefficient (Wildman–Crippen LogP) is 2.81. The molecular formula is C18H19NO5. The lowest BCUT2D eigenvalue weighted by atomic mass is 10.1. The van der Waals surface area contributed by atoms with Gasteiger partial charge in [-0.3, -0.25) is 4.79 Å². The van der Waals surface area contributed by atoms with Crippen molar-refractivity contribution >= 4 is 17.6 Å². The van der Waals surface area contributed by atoms with Crippen LogP contribution in [-0.4, -0.2) is 32.7 Å². The Morgan fingerprint density at radius 1 is 1.04 bits per heavy atom. The third-order valence-electron chi connectivity index (χ3n) is 3.35. The minimum absolute atomic E-state index is 0.154. The van der Waals surface area contributed by atoms with E-state index in [1.165, 1.54) is 14.2 Å². The minimum atomic E-state index is -0.421. The van der Waals surface area contributed by atoms with Gasteiger partial charge < -0.3 is 19.5 Å². The molecule has 0 bridgehead atoms. The van der Waals surface area contributed by atoms with Crippen LogP contribution >= 0.6 is 0 Å². The van der Waals surface area contributed by atoms with Crippen molar-refractivity contribution in [1.82, 2.24) is 0 Å². The first-order chi connectivity index (χ1) is 11.5. The van der Waals surface area contributed by atoms with Crippen LogP contribution in [0.4, 0.5) is 5.69 Å². The normalized spacial score (nSPS) is 9.96. The molecule has 6 heteroatoms. The summed E-state index contributed by atoms with van der Waals surface area (Å²) < 4.78 is 15.3. The summed E-state index contributed by atoms with van der Waals surface area (Å²) in [6.45, 7) is 1.64. The number of carbonyl (C=O) groups excluding carboxylic acids is 2. The van der Waals surface area contributed by atoms with Gasteiger partial charge in [0.15, 0.2) is 18.1 Å². The van der Waals surface area contributed by atoms with Crippen molar-refractivity contribution < 1.29 is 23.8 Å². The van der Waals surface area contributed by atoms with Gasteiger partial charge in [-0.2, -0.15) is 0 Å². The number of carbonyl (C=O) groups is 2. The van der Waals surface area contributed by atoms with Crippen LogP contribution in [0, 0.1) is 6.92 Å². The number of nitrogens with one attached hydrogen (secondary N) is 1. The lowest BCUT2D eigenvalue weighted by molar-refractivity contribution is -0.118. The van der Waals surface area contributed by atoms with Crippen molar-refractivity contribution in [3.05, 3.63) is 53.6 Å². The summed E-state index contributed by atoms with van der Waals surface area (Å²) in [4.78, 5) is 23.5. The molecule has 0 spiro atoms. The number of anilines is 1. The summed E-state index contributed by atoms with van der Waals surface area (Å²) in [5.74, 6) is 0.321. The van der Waals surface area contributed by atoms with E-state index in [1.54, 1.807) is 43.3 Å². The first-order valence-corrected chi connectivity index (χ1v) is 7.29. The van der Waals surface area contributed by atoms with Gasteiger partial charge in [0.05, 0.1) is 19.8 Å². The third kappa shape index (κ3) is 4.25. The molecule has 1 amide bonds. The van der Waals surface area contributed by atoms with E-state index in [2.05, 4.69) is 10.1 Å². The van der Waals surface area contributed by atoms with E-state index in [0.29, 0.717) is 22.7 Å². The maximum atomic E-state index is 12.0. The molecule has 2 rings (SSSR count). The van der Waals surface area contributed by atoms with Crippen LogP contribution < -0.4 is 14.8 Å². The molecule has 0 saturated carbocycles. The molecule has 0 saturated heterocycles. The number of benzene rings is 2. The van der Waals surface area contributed by atoms with Crippen LogP contribution in [0.1, 0.15) is 15.9 Å². The molecule has 2 aromatic carbocycles. The second kappa shape index (κ2) is 8.01. The number of amides is 1. The molecule has 126 valence electrons. The van der Waals surface area contributed by atoms with Gasteiger partial charge in [0.2, 0.25) is 0 Å². The summed E-state index contributed by atoms with van der Waals surface area (Å²) in [6.07, 6.45) is 0. The van der Waals surface area contributed by atoms with E-state index in [4.69, 9.17) is 9.47 Å². The second-order valence-corrected chi connectivity index (χ2v) is 5.01. The van der Waals surface area contributed by atoms with Crippen LogP contribution in [0.3, 0.4) is 0 Å².